The number of H-pyrrole nitrogens is 1. The van der Waals surface area contributed by atoms with E-state index in [0.717, 1.165) is 33.2 Å². The SMILES string of the molecule is CC.O=C(Nc1cncc(-n2ccc3cc(C(=O)N4CCC(F)(F)CC4)cnc32)c1)C1CCOCC1.O=C(c1cnc2c(ccn2-c2ccc(-c3cn[nH]c3)cc2)c1)N1CCC(F)(F)CC1. The lowest BCUT2D eigenvalue weighted by Gasteiger charge is -2.31. The summed E-state index contributed by atoms with van der Waals surface area (Å²) in [6.45, 7) is 5.37. The molecule has 7 aromatic rings. The lowest BCUT2D eigenvalue weighted by atomic mass is 9.99. The van der Waals surface area contributed by atoms with Crippen molar-refractivity contribution >= 4 is 45.5 Å². The molecule has 0 aliphatic carbocycles. The summed E-state index contributed by atoms with van der Waals surface area (Å²) in [5.74, 6) is -6.05. The van der Waals surface area contributed by atoms with Gasteiger partial charge in [0, 0.05) is 124 Å². The lowest BCUT2D eigenvalue weighted by molar-refractivity contribution is -0.122. The van der Waals surface area contributed by atoms with E-state index in [0.29, 0.717) is 54.2 Å². The standard InChI is InChI=1S/C24H25F2N5O3.C22H19F2N5O.C2H6/c25-24(26)4-7-30(8-5-24)23(33)18-11-17-1-6-31(21(17)28-13-18)20-12-19(14-27-15-20)29-22(32)16-2-9-34-10-3-16;23-22(24)6-9-28(10-7-22)21(30)17-11-16-5-8-29(20(16)25-12-17)19-3-1-15(2-4-19)18-13-26-27-14-18;1-2/h1,6,11-16H,2-5,7-10H2,(H,29,32);1-5,8,11-14H,6-7,9-10H2,(H,26,27);1-2H3. The minimum absolute atomic E-state index is 0.0307. The van der Waals surface area contributed by atoms with Crippen LogP contribution in [0.2, 0.25) is 0 Å². The first-order chi connectivity index (χ1) is 31.9. The van der Waals surface area contributed by atoms with Gasteiger partial charge in [-0.1, -0.05) is 26.0 Å². The summed E-state index contributed by atoms with van der Waals surface area (Å²) in [6, 6.07) is 17.0. The van der Waals surface area contributed by atoms with Crippen molar-refractivity contribution in [2.24, 2.45) is 5.92 Å². The Balaban J connectivity index is 0.000000174. The lowest BCUT2D eigenvalue weighted by Crippen LogP contribution is -2.42. The maximum atomic E-state index is 13.4. The number of amides is 3. The number of hydrogen-bond donors (Lipinski definition) is 2. The van der Waals surface area contributed by atoms with Crippen molar-refractivity contribution in [1.82, 2.24) is 44.1 Å². The third kappa shape index (κ3) is 10.3. The number of rotatable bonds is 7. The normalized spacial score (nSPS) is 17.1. The molecule has 9 heterocycles. The third-order valence-electron chi connectivity index (χ3n) is 11.9. The van der Waals surface area contributed by atoms with Crippen molar-refractivity contribution in [3.63, 3.8) is 0 Å². The molecule has 66 heavy (non-hydrogen) atoms. The Morgan fingerprint density at radius 3 is 1.71 bits per heavy atom. The van der Waals surface area contributed by atoms with Crippen molar-refractivity contribution in [1.29, 1.82) is 0 Å². The van der Waals surface area contributed by atoms with Gasteiger partial charge in [0.2, 0.25) is 5.91 Å². The zero-order valence-corrected chi connectivity index (χ0v) is 36.6. The molecule has 344 valence electrons. The van der Waals surface area contributed by atoms with Crippen LogP contribution in [0.4, 0.5) is 23.2 Å². The number of aromatic nitrogens is 7. The molecule has 3 amide bonds. The second kappa shape index (κ2) is 19.7. The highest BCUT2D eigenvalue weighted by Gasteiger charge is 2.37. The summed E-state index contributed by atoms with van der Waals surface area (Å²) in [5.41, 5.74) is 6.44. The molecule has 0 radical (unpaired) electrons. The number of aromatic amines is 1. The first-order valence-electron chi connectivity index (χ1n) is 22.1. The van der Waals surface area contributed by atoms with Crippen molar-refractivity contribution in [3.05, 3.63) is 115 Å². The predicted molar refractivity (Wildman–Crippen MR) is 241 cm³/mol. The summed E-state index contributed by atoms with van der Waals surface area (Å²) in [6.07, 6.45) is 13.8. The summed E-state index contributed by atoms with van der Waals surface area (Å²) in [5, 5.41) is 11.3. The molecule has 3 aliphatic heterocycles. The number of carbonyl (C=O) groups excluding carboxylic acids is 3. The number of alkyl halides is 4. The van der Waals surface area contributed by atoms with Crippen molar-refractivity contribution < 1.29 is 36.7 Å². The van der Waals surface area contributed by atoms with Crippen LogP contribution >= 0.6 is 0 Å². The van der Waals surface area contributed by atoms with Gasteiger partial charge in [-0.3, -0.25) is 29.0 Å². The number of carbonyl (C=O) groups is 3. The molecule has 3 saturated heterocycles. The Hall–Kier alpha value is -6.95. The summed E-state index contributed by atoms with van der Waals surface area (Å²) >= 11 is 0. The van der Waals surface area contributed by atoms with Crippen LogP contribution in [-0.4, -0.2) is 113 Å². The second-order valence-corrected chi connectivity index (χ2v) is 16.3. The van der Waals surface area contributed by atoms with Crippen LogP contribution in [0.25, 0.3) is 44.6 Å². The number of hydrogen-bond acceptors (Lipinski definition) is 8. The molecular formula is C48H50F4N10O4. The maximum Gasteiger partial charge on any atom is 0.255 e. The quantitative estimate of drug-likeness (QED) is 0.150. The molecule has 3 fully saturated rings. The van der Waals surface area contributed by atoms with Gasteiger partial charge in [-0.05, 0) is 60.9 Å². The highest BCUT2D eigenvalue weighted by Crippen LogP contribution is 2.31. The summed E-state index contributed by atoms with van der Waals surface area (Å²) < 4.78 is 62.7. The second-order valence-electron chi connectivity index (χ2n) is 16.3. The smallest absolute Gasteiger partial charge is 0.255 e. The van der Waals surface area contributed by atoms with Crippen LogP contribution in [0.5, 0.6) is 0 Å². The molecule has 3 aliphatic rings. The van der Waals surface area contributed by atoms with Gasteiger partial charge in [-0.15, -0.1) is 0 Å². The van der Waals surface area contributed by atoms with Gasteiger partial charge in [0.15, 0.2) is 0 Å². The first-order valence-corrected chi connectivity index (χ1v) is 22.1. The molecule has 14 nitrogen and oxygen atoms in total. The van der Waals surface area contributed by atoms with Crippen LogP contribution in [0.1, 0.15) is 73.1 Å². The number of ether oxygens (including phenoxy) is 1. The van der Waals surface area contributed by atoms with Gasteiger partial charge in [-0.25, -0.2) is 27.5 Å². The Morgan fingerprint density at radius 1 is 0.667 bits per heavy atom. The van der Waals surface area contributed by atoms with Gasteiger partial charge >= 0.3 is 0 Å². The largest absolute Gasteiger partial charge is 0.381 e. The topological polar surface area (TPSA) is 156 Å². The van der Waals surface area contributed by atoms with Crippen molar-refractivity contribution in [3.8, 4) is 22.5 Å². The zero-order valence-electron chi connectivity index (χ0n) is 36.6. The first kappa shape index (κ1) is 45.6. The van der Waals surface area contributed by atoms with Gasteiger partial charge in [0.25, 0.3) is 23.7 Å². The predicted octanol–water partition coefficient (Wildman–Crippen LogP) is 8.97. The summed E-state index contributed by atoms with van der Waals surface area (Å²) in [4.78, 5) is 54.2. The third-order valence-corrected chi connectivity index (χ3v) is 11.9. The molecule has 0 spiro atoms. The van der Waals surface area contributed by atoms with Crippen LogP contribution in [0.3, 0.4) is 0 Å². The fourth-order valence-corrected chi connectivity index (χ4v) is 8.19. The van der Waals surface area contributed by atoms with Gasteiger partial charge in [-0.2, -0.15) is 5.10 Å². The van der Waals surface area contributed by atoms with Gasteiger partial charge in [0.05, 0.1) is 41.1 Å². The van der Waals surface area contributed by atoms with Crippen LogP contribution < -0.4 is 5.32 Å². The molecule has 0 bridgehead atoms. The number of piperidine rings is 2. The molecule has 10 rings (SSSR count). The van der Waals surface area contributed by atoms with E-state index in [1.165, 1.54) is 22.2 Å². The fourth-order valence-electron chi connectivity index (χ4n) is 8.19. The van der Waals surface area contributed by atoms with Crippen LogP contribution in [-0.2, 0) is 9.53 Å². The molecule has 1 aromatic carbocycles. The Labute approximate surface area is 378 Å². The minimum Gasteiger partial charge on any atom is -0.381 e. The van der Waals surface area contributed by atoms with E-state index in [-0.39, 0.29) is 75.5 Å². The van der Waals surface area contributed by atoms with E-state index >= 15 is 0 Å². The molecule has 0 unspecified atom stereocenters. The number of likely N-dealkylation sites (tertiary alicyclic amines) is 2. The number of pyridine rings is 3. The number of nitrogens with one attached hydrogen (secondary N) is 2. The summed E-state index contributed by atoms with van der Waals surface area (Å²) in [7, 11) is 0. The highest BCUT2D eigenvalue weighted by molar-refractivity contribution is 5.98. The Bertz CT molecular complexity index is 2780. The Morgan fingerprint density at radius 2 is 1.20 bits per heavy atom. The number of halogens is 4. The molecular weight excluding hydrogens is 857 g/mol. The molecule has 6 aromatic heterocycles. The van der Waals surface area contributed by atoms with Crippen LogP contribution in [0, 0.1) is 5.92 Å². The molecule has 0 saturated carbocycles. The number of anilines is 1. The number of fused-ring (bicyclic) bond motifs is 2. The monoisotopic (exact) mass is 906 g/mol. The average Bonchev–Trinajstić information content (AvgIpc) is 4.13. The van der Waals surface area contributed by atoms with E-state index in [9.17, 15) is 31.9 Å². The molecule has 0 atom stereocenters. The highest BCUT2D eigenvalue weighted by atomic mass is 19.3. The van der Waals surface area contributed by atoms with E-state index in [1.807, 2.05) is 84.0 Å². The minimum atomic E-state index is -2.71. The fraction of sp³-hybridized carbons (Fsp3) is 0.354. The number of benzene rings is 1. The molecule has 18 heteroatoms. The van der Waals surface area contributed by atoms with Gasteiger partial charge < -0.3 is 24.4 Å². The van der Waals surface area contributed by atoms with E-state index < -0.39 is 11.8 Å². The zero-order chi connectivity index (χ0) is 46.4. The van der Waals surface area contributed by atoms with Gasteiger partial charge in [0.1, 0.15) is 11.3 Å². The van der Waals surface area contributed by atoms with Crippen molar-refractivity contribution in [2.45, 2.75) is 64.2 Å². The van der Waals surface area contributed by atoms with Crippen molar-refractivity contribution in [2.75, 3.05) is 44.7 Å². The van der Waals surface area contributed by atoms with E-state index in [4.69, 9.17) is 4.74 Å². The average molecular weight is 907 g/mol. The van der Waals surface area contributed by atoms with Crippen LogP contribution in [0.15, 0.2) is 104 Å². The van der Waals surface area contributed by atoms with E-state index in [1.54, 1.807) is 30.7 Å². The maximum absolute atomic E-state index is 13.4. The number of nitrogens with zero attached hydrogens (tertiary/aromatic N) is 8. The Kier molecular flexibility index (Phi) is 13.6. The van der Waals surface area contributed by atoms with E-state index in [2.05, 4.69) is 30.5 Å². The molecule has 2 N–H and O–H groups in total.